The Labute approximate surface area is 456 Å². The van der Waals surface area contributed by atoms with E-state index in [1.807, 2.05) is 6.20 Å². The molecule has 1 atom stereocenters. The lowest BCUT2D eigenvalue weighted by molar-refractivity contribution is 0.590. The minimum atomic E-state index is -1.62. The molecule has 0 bridgehead atoms. The van der Waals surface area contributed by atoms with Crippen LogP contribution in [0, 0.1) is 0 Å². The Hall–Kier alpha value is -7.06. The van der Waals surface area contributed by atoms with Crippen LogP contribution in [0.4, 0.5) is 34.1 Å². The molecule has 1 unspecified atom stereocenters. The van der Waals surface area contributed by atoms with E-state index in [9.17, 15) is 0 Å². The largest absolute Gasteiger partial charge is 0.310 e. The summed E-state index contributed by atoms with van der Waals surface area (Å²) >= 11 is 0. The summed E-state index contributed by atoms with van der Waals surface area (Å²) in [4.78, 5) is 10.0. The molecule has 11 rings (SSSR count). The zero-order valence-corrected chi connectivity index (χ0v) is 49.4. The van der Waals surface area contributed by atoms with Crippen LogP contribution >= 0.6 is 0 Å². The fourth-order valence-corrected chi connectivity index (χ4v) is 14.7. The Morgan fingerprint density at radius 2 is 0.908 bits per heavy atom. The van der Waals surface area contributed by atoms with Crippen molar-refractivity contribution in [3.8, 4) is 22.3 Å². The molecule has 0 fully saturated rings. The predicted octanol–water partition coefficient (Wildman–Crippen LogP) is 18.4. The molecule has 0 saturated carbocycles. The fraction of sp³-hybridized carbons (Fsp3) is 0.254. The van der Waals surface area contributed by atoms with Crippen molar-refractivity contribution in [3.63, 3.8) is 0 Å². The van der Waals surface area contributed by atoms with Crippen LogP contribution in [-0.2, 0) is 21.7 Å². The van der Waals surface area contributed by atoms with E-state index in [1.54, 1.807) is 0 Å². The normalized spacial score (nSPS) is 15.7. The van der Waals surface area contributed by atoms with Crippen molar-refractivity contribution < 1.29 is 0 Å². The molecular weight excluding hydrogens is 951 g/mol. The SMILES string of the molecule is CC(C)(C)c1cccc(N(c2ccc([Si](C)(C)C)cc2)c2ccc3c(c2)C(C)(C)c2cc(N(c4ccc([Si](C)(C)C)cc4)c4cccc(C(C)(C)C)c4)c4c(c2-3)C(c2ccccc2)(c2cccnc2)c2ccccc2-4)c1. The van der Waals surface area contributed by atoms with E-state index in [0.717, 1.165) is 34.0 Å². The molecule has 0 saturated heterocycles. The Balaban J connectivity index is 1.25. The van der Waals surface area contributed by atoms with Gasteiger partial charge < -0.3 is 9.80 Å². The van der Waals surface area contributed by atoms with E-state index >= 15 is 0 Å². The van der Waals surface area contributed by atoms with E-state index in [2.05, 4.69) is 299 Å². The van der Waals surface area contributed by atoms with Gasteiger partial charge in [-0.3, -0.25) is 4.98 Å². The van der Waals surface area contributed by atoms with Gasteiger partial charge in [-0.15, -0.1) is 0 Å². The second kappa shape index (κ2) is 18.3. The molecule has 9 aromatic rings. The summed E-state index contributed by atoms with van der Waals surface area (Å²) in [5, 5.41) is 2.90. The number of rotatable bonds is 10. The molecule has 0 N–H and O–H groups in total. The summed E-state index contributed by atoms with van der Waals surface area (Å²) in [7, 11) is -3.16. The molecule has 0 aliphatic heterocycles. The lowest BCUT2D eigenvalue weighted by atomic mass is 9.66. The molecule has 3 nitrogen and oxygen atoms in total. The van der Waals surface area contributed by atoms with Gasteiger partial charge in [0, 0.05) is 51.8 Å². The van der Waals surface area contributed by atoms with Gasteiger partial charge in [0.2, 0.25) is 0 Å². The lowest BCUT2D eigenvalue weighted by Crippen LogP contribution is -2.37. The Kier molecular flexibility index (Phi) is 12.3. The highest BCUT2D eigenvalue weighted by atomic mass is 28.3. The zero-order valence-electron chi connectivity index (χ0n) is 47.4. The third-order valence-corrected chi connectivity index (χ3v) is 20.8. The number of pyridine rings is 1. The molecule has 382 valence electrons. The van der Waals surface area contributed by atoms with Crippen LogP contribution in [0.2, 0.25) is 39.3 Å². The van der Waals surface area contributed by atoms with Crippen LogP contribution in [0.25, 0.3) is 22.3 Å². The third kappa shape index (κ3) is 8.51. The Morgan fingerprint density at radius 1 is 0.408 bits per heavy atom. The first-order chi connectivity index (χ1) is 36.0. The van der Waals surface area contributed by atoms with Crippen molar-refractivity contribution in [2.45, 2.75) is 116 Å². The van der Waals surface area contributed by atoms with Crippen molar-refractivity contribution in [3.05, 3.63) is 245 Å². The topological polar surface area (TPSA) is 19.4 Å². The van der Waals surface area contributed by atoms with Crippen LogP contribution in [0.3, 0.4) is 0 Å². The average Bonchev–Trinajstić information content (AvgIpc) is 3.91. The first-order valence-corrected chi connectivity index (χ1v) is 34.4. The quantitative estimate of drug-likeness (QED) is 0.127. The van der Waals surface area contributed by atoms with E-state index in [1.165, 1.54) is 77.3 Å². The van der Waals surface area contributed by atoms with Crippen LogP contribution < -0.4 is 20.2 Å². The van der Waals surface area contributed by atoms with Gasteiger partial charge in [0.1, 0.15) is 0 Å². The van der Waals surface area contributed by atoms with Crippen molar-refractivity contribution in [1.82, 2.24) is 4.98 Å². The number of anilines is 6. The minimum Gasteiger partial charge on any atom is -0.310 e. The fourth-order valence-electron chi connectivity index (χ4n) is 12.3. The summed E-state index contributed by atoms with van der Waals surface area (Å²) in [5.41, 5.74) is 21.0. The van der Waals surface area contributed by atoms with Crippen molar-refractivity contribution in [2.24, 2.45) is 0 Å². The molecule has 5 heteroatoms. The third-order valence-electron chi connectivity index (χ3n) is 16.6. The average molecular weight is 1030 g/mol. The van der Waals surface area contributed by atoms with Crippen LogP contribution in [-0.4, -0.2) is 21.1 Å². The summed E-state index contributed by atoms with van der Waals surface area (Å²) in [5.74, 6) is 0. The van der Waals surface area contributed by atoms with Crippen molar-refractivity contribution >= 4 is 60.6 Å². The van der Waals surface area contributed by atoms with Gasteiger partial charge in [0.05, 0.1) is 27.3 Å². The second-order valence-corrected chi connectivity index (χ2v) is 36.3. The maximum Gasteiger partial charge on any atom is 0.0775 e. The maximum atomic E-state index is 4.94. The van der Waals surface area contributed by atoms with Gasteiger partial charge in [-0.2, -0.15) is 0 Å². The number of hydrogen-bond acceptors (Lipinski definition) is 3. The highest BCUT2D eigenvalue weighted by molar-refractivity contribution is 6.89. The smallest absolute Gasteiger partial charge is 0.0775 e. The van der Waals surface area contributed by atoms with Gasteiger partial charge in [0.25, 0.3) is 0 Å². The molecule has 1 aromatic heterocycles. The molecule has 2 aliphatic carbocycles. The molecule has 0 spiro atoms. The number of hydrogen-bond donors (Lipinski definition) is 0. The lowest BCUT2D eigenvalue weighted by Gasteiger charge is -2.37. The van der Waals surface area contributed by atoms with Crippen LogP contribution in [0.1, 0.15) is 99.9 Å². The molecule has 2 aliphatic rings. The van der Waals surface area contributed by atoms with Gasteiger partial charge in [-0.25, -0.2) is 0 Å². The van der Waals surface area contributed by atoms with Gasteiger partial charge in [-0.1, -0.05) is 220 Å². The number of aromatic nitrogens is 1. The van der Waals surface area contributed by atoms with Gasteiger partial charge in [0.15, 0.2) is 0 Å². The maximum absolute atomic E-state index is 4.94. The van der Waals surface area contributed by atoms with Crippen LogP contribution in [0.15, 0.2) is 200 Å². The summed E-state index contributed by atoms with van der Waals surface area (Å²) in [6, 6.07) is 72.4. The van der Waals surface area contributed by atoms with E-state index < -0.39 is 27.0 Å². The summed E-state index contributed by atoms with van der Waals surface area (Å²) in [6.45, 7) is 33.4. The number of benzene rings is 8. The number of nitrogens with zero attached hydrogens (tertiary/aromatic N) is 3. The van der Waals surface area contributed by atoms with Gasteiger partial charge >= 0.3 is 0 Å². The van der Waals surface area contributed by atoms with Crippen molar-refractivity contribution in [2.75, 3.05) is 9.80 Å². The minimum absolute atomic E-state index is 0.0154. The standard InChI is InChI=1S/C71H75N3Si2/c1-68(2,3)49-25-20-28-54(43-49)73(52-32-37-57(38-33-52)75(9,10)11)56-36-41-60-62(45-56)70(7,8)63-46-64(74(53-34-39-58(40-35-53)76(12,13)14)55-29-21-26-50(44-55)69(4,5)6)66-59-30-18-19-31-61(59)71(67(66)65(60)63,48-23-16-15-17-24-48)51-27-22-42-72-47-51/h15-47H,1-14H3. The molecule has 0 radical (unpaired) electrons. The highest BCUT2D eigenvalue weighted by Crippen LogP contribution is 2.66. The van der Waals surface area contributed by atoms with Crippen molar-refractivity contribution in [1.29, 1.82) is 0 Å². The molecule has 76 heavy (non-hydrogen) atoms. The second-order valence-electron chi connectivity index (χ2n) is 26.2. The first-order valence-electron chi connectivity index (χ1n) is 27.4. The first kappa shape index (κ1) is 51.1. The van der Waals surface area contributed by atoms with E-state index in [4.69, 9.17) is 4.98 Å². The molecular formula is C71H75N3Si2. The monoisotopic (exact) mass is 1030 g/mol. The van der Waals surface area contributed by atoms with E-state index in [0.29, 0.717) is 0 Å². The summed E-state index contributed by atoms with van der Waals surface area (Å²) in [6.07, 6.45) is 4.04. The van der Waals surface area contributed by atoms with Gasteiger partial charge in [-0.05, 0) is 145 Å². The molecule has 1 heterocycles. The predicted molar refractivity (Wildman–Crippen MR) is 332 cm³/mol. The summed E-state index contributed by atoms with van der Waals surface area (Å²) < 4.78 is 0. The molecule has 0 amide bonds. The Bertz CT molecular complexity index is 3600. The molecule has 8 aromatic carbocycles. The zero-order chi connectivity index (χ0) is 53.7. The Morgan fingerprint density at radius 3 is 1.46 bits per heavy atom. The van der Waals surface area contributed by atoms with Crippen LogP contribution in [0.5, 0.6) is 0 Å². The van der Waals surface area contributed by atoms with E-state index in [-0.39, 0.29) is 10.8 Å². The number of fused-ring (bicyclic) bond motifs is 7. The highest BCUT2D eigenvalue weighted by Gasteiger charge is 2.53.